The number of halogens is 1. The van der Waals surface area contributed by atoms with Crippen LogP contribution in [0.5, 0.6) is 0 Å². The molecule has 8 aromatic heterocycles. The first-order valence-electron chi connectivity index (χ1n) is 39.6. The second kappa shape index (κ2) is 28.8. The van der Waals surface area contributed by atoms with Gasteiger partial charge in [0.1, 0.15) is 29.1 Å². The summed E-state index contributed by atoms with van der Waals surface area (Å²) in [5.74, 6) is 3.01. The van der Waals surface area contributed by atoms with Crippen molar-refractivity contribution in [1.29, 1.82) is 0 Å². The highest BCUT2D eigenvalue weighted by atomic mass is 19.1. The Morgan fingerprint density at radius 3 is 1.39 bits per heavy atom. The number of nitro groups is 1. The fourth-order valence-corrected chi connectivity index (χ4v) is 17.6. The van der Waals surface area contributed by atoms with Crippen LogP contribution in [0, 0.1) is 22.9 Å². The summed E-state index contributed by atoms with van der Waals surface area (Å²) in [5.41, 5.74) is 21.1. The Labute approximate surface area is 672 Å². The number of hydrogen-bond acceptors (Lipinski definition) is 8. The molecular weight excluding hydrogens is 1460 g/mol. The Balaban J connectivity index is 0.0000000980. The van der Waals surface area contributed by atoms with E-state index in [2.05, 4.69) is 222 Å². The zero-order valence-electron chi connectivity index (χ0n) is 64.1. The molecule has 8 N–H and O–H groups in total. The van der Waals surface area contributed by atoms with E-state index in [-0.39, 0.29) is 22.2 Å². The fraction of sp³-hybridized carbons (Fsp3) is 0.0700. The van der Waals surface area contributed by atoms with E-state index in [9.17, 15) is 19.3 Å². The summed E-state index contributed by atoms with van der Waals surface area (Å²) in [5, 5.41) is 28.7. The molecule has 1 saturated heterocycles. The number of rotatable bonds is 9. The first-order chi connectivity index (χ1) is 58.0. The predicted molar refractivity (Wildman–Crippen MR) is 479 cm³/mol. The molecule has 17 nitrogen and oxygen atoms in total. The highest BCUT2D eigenvalue weighted by molar-refractivity contribution is 6.26. The Bertz CT molecular complexity index is 7780. The fourth-order valence-electron chi connectivity index (χ4n) is 17.6. The maximum Gasteiger partial charge on any atom is 0.270 e. The van der Waals surface area contributed by atoms with Gasteiger partial charge in [-0.2, -0.15) is 0 Å². The molecule has 0 atom stereocenters. The van der Waals surface area contributed by atoms with Crippen LogP contribution in [-0.4, -0.2) is 83.6 Å². The molecule has 23 aromatic rings. The lowest BCUT2D eigenvalue weighted by Gasteiger charge is -2.28. The van der Waals surface area contributed by atoms with Gasteiger partial charge in [-0.1, -0.05) is 212 Å². The van der Waals surface area contributed by atoms with Gasteiger partial charge in [-0.25, -0.2) is 24.3 Å². The van der Waals surface area contributed by atoms with Crippen LogP contribution >= 0.6 is 0 Å². The molecular formula is C100H73FN14O3. The van der Waals surface area contributed by atoms with Gasteiger partial charge in [-0.3, -0.25) is 14.9 Å². The number of imidazole rings is 4. The van der Waals surface area contributed by atoms with Crippen molar-refractivity contribution in [1.82, 2.24) is 59.8 Å². The van der Waals surface area contributed by atoms with Crippen LogP contribution in [0.4, 0.5) is 15.8 Å². The number of aryl methyl sites for hydroxylation is 1. The van der Waals surface area contributed by atoms with Crippen LogP contribution in [0.2, 0.25) is 0 Å². The molecule has 24 rings (SSSR count). The van der Waals surface area contributed by atoms with E-state index >= 15 is 0 Å². The molecule has 0 unspecified atom stereocenters. The number of nitrogens with one attached hydrogen (secondary N) is 8. The van der Waals surface area contributed by atoms with Crippen molar-refractivity contribution in [2.45, 2.75) is 33.1 Å². The number of non-ortho nitro benzene ring substituents is 1. The van der Waals surface area contributed by atoms with Crippen molar-refractivity contribution in [3.05, 3.63) is 325 Å². The van der Waals surface area contributed by atoms with E-state index in [1.165, 1.54) is 63.3 Å². The highest BCUT2D eigenvalue weighted by Gasteiger charge is 2.24. The molecule has 0 radical (unpaired) electrons. The summed E-state index contributed by atoms with van der Waals surface area (Å²) in [6.07, 6.45) is 9.69. The van der Waals surface area contributed by atoms with Gasteiger partial charge >= 0.3 is 0 Å². The topological polar surface area (TPSA) is 241 Å². The Hall–Kier alpha value is -15.6. The molecule has 568 valence electrons. The smallest absolute Gasteiger partial charge is 0.270 e. The largest absolute Gasteiger partial charge is 0.372 e. The highest BCUT2D eigenvalue weighted by Crippen LogP contribution is 2.44. The lowest BCUT2D eigenvalue weighted by Crippen LogP contribution is -2.29. The number of carbonyl (C=O) groups is 1. The van der Waals surface area contributed by atoms with Crippen LogP contribution < -0.4 is 4.90 Å². The third-order valence-corrected chi connectivity index (χ3v) is 23.2. The number of benzene rings is 15. The number of H-pyrrole nitrogens is 8. The van der Waals surface area contributed by atoms with Gasteiger partial charge in [-0.15, -0.1) is 0 Å². The average molecular weight is 1540 g/mol. The Morgan fingerprint density at radius 2 is 0.831 bits per heavy atom. The Morgan fingerprint density at radius 1 is 0.381 bits per heavy atom. The number of fused-ring (bicyclic) bond motifs is 22. The van der Waals surface area contributed by atoms with Crippen LogP contribution in [0.25, 0.3) is 209 Å². The summed E-state index contributed by atoms with van der Waals surface area (Å²) in [4.78, 5) is 72.6. The van der Waals surface area contributed by atoms with Gasteiger partial charge in [0.15, 0.2) is 5.78 Å². The lowest BCUT2D eigenvalue weighted by atomic mass is 9.99. The summed E-state index contributed by atoms with van der Waals surface area (Å²) in [7, 11) is 0. The van der Waals surface area contributed by atoms with Crippen LogP contribution in [0.3, 0.4) is 0 Å². The SMILES string of the molecule is CC(=O)c1ccc2c(-c3nc4c5ccccc5c5ccccc5c4[nH]3)c[nH]c2c1.Cc1[nH]c2ccccc2c1-c1nc(-c2ccccc2)c(-c2ccc(N3CCCCC3)cc2)[nH]1.Fc1ccc2[nH]cc(-c3nc4c5ccccc5c5ccccc5c4[nH]3)c2c1.O=[N+]([O-])c1ccc2c3ccccc3c3[nH]c(-c4c[nH]c5ccccc45)nc3c2c1. The molecule has 0 bridgehead atoms. The van der Waals surface area contributed by atoms with E-state index in [4.69, 9.17) is 19.9 Å². The molecule has 15 aromatic carbocycles. The van der Waals surface area contributed by atoms with Gasteiger partial charge in [0.05, 0.1) is 49.4 Å². The van der Waals surface area contributed by atoms with Gasteiger partial charge in [0.2, 0.25) is 0 Å². The zero-order valence-corrected chi connectivity index (χ0v) is 64.1. The van der Waals surface area contributed by atoms with Crippen molar-refractivity contribution < 1.29 is 14.1 Å². The number of Topliss-reactive ketones (excluding diaryl/α,β-unsaturated/α-hetero) is 1. The summed E-state index contributed by atoms with van der Waals surface area (Å²) in [6, 6.07) is 93.0. The second-order valence-corrected chi connectivity index (χ2v) is 30.2. The summed E-state index contributed by atoms with van der Waals surface area (Å²) in [6.45, 7) is 6.01. The molecule has 1 aliphatic heterocycles. The van der Waals surface area contributed by atoms with Crippen molar-refractivity contribution in [2.24, 2.45) is 0 Å². The zero-order chi connectivity index (χ0) is 79.2. The first kappa shape index (κ1) is 70.3. The molecule has 0 saturated carbocycles. The first-order valence-corrected chi connectivity index (χ1v) is 39.6. The minimum atomic E-state index is -0.367. The van der Waals surface area contributed by atoms with Crippen LogP contribution in [0.15, 0.2) is 298 Å². The monoisotopic (exact) mass is 1540 g/mol. The van der Waals surface area contributed by atoms with Gasteiger partial charge in [-0.05, 0) is 120 Å². The molecule has 0 spiro atoms. The number of nitro benzene ring substituents is 1. The maximum atomic E-state index is 13.8. The summed E-state index contributed by atoms with van der Waals surface area (Å²) >= 11 is 0. The van der Waals surface area contributed by atoms with Crippen molar-refractivity contribution in [3.63, 3.8) is 0 Å². The molecule has 0 amide bonds. The average Bonchev–Trinajstić information content (AvgIpc) is 1.55. The van der Waals surface area contributed by atoms with E-state index in [1.807, 2.05) is 97.5 Å². The lowest BCUT2D eigenvalue weighted by molar-refractivity contribution is -0.384. The quantitative estimate of drug-likeness (QED) is 0.0298. The minimum absolute atomic E-state index is 0.0599. The number of nitrogens with zero attached hydrogens (tertiary/aromatic N) is 6. The second-order valence-electron chi connectivity index (χ2n) is 30.2. The van der Waals surface area contributed by atoms with E-state index < -0.39 is 0 Å². The third-order valence-electron chi connectivity index (χ3n) is 23.2. The maximum absolute atomic E-state index is 13.8. The molecule has 1 aliphatic rings. The standard InChI is InChI=1S/C29H28N4.C25H17N3O.C23H14FN3.C23H14N4O2/c1-20-26(24-12-6-7-13-25(24)30-20)29-31-27(21-10-4-2-5-11-21)28(32-29)22-14-16-23(17-15-22)33-18-8-3-9-19-33;1-14(29)15-10-11-18-21(13-26-22(18)12-15)25-27-23-19-8-4-2-6-16(19)17-7-3-5-9-20(17)24(23)28-25;24-13-9-10-20-18(11-13)19(12-25-20)23-26-21-16-7-3-1-5-14(16)15-6-2-4-8-17(15)22(21)27-23;28-27(29)13-9-10-15-14-5-1-2-7-17(14)21-22(18(15)11-13)26-23(25-21)19-12-24-20-8-4-3-6-16(19)20/h2,4-7,10-17,30H,3,8-9,18-19H2,1H3,(H,31,32);2-13,26H,1H3,(H,27,28);1-12,25H,(H,26,27);1-12,24H,(H,25,26). The molecule has 118 heavy (non-hydrogen) atoms. The molecule has 18 heteroatoms. The van der Waals surface area contributed by atoms with Crippen LogP contribution in [-0.2, 0) is 0 Å². The van der Waals surface area contributed by atoms with E-state index in [0.717, 1.165) is 196 Å². The van der Waals surface area contributed by atoms with Gasteiger partial charge in [0.25, 0.3) is 5.69 Å². The molecule has 1 fully saturated rings. The van der Waals surface area contributed by atoms with Crippen molar-refractivity contribution in [2.75, 3.05) is 18.0 Å². The number of ketones is 1. The number of anilines is 1. The van der Waals surface area contributed by atoms with Crippen molar-refractivity contribution >= 4 is 159 Å². The minimum Gasteiger partial charge on any atom is -0.372 e. The third kappa shape index (κ3) is 12.2. The number of carbonyl (C=O) groups excluding carboxylic acids is 1. The predicted octanol–water partition coefficient (Wildman–Crippen LogP) is 25.5. The van der Waals surface area contributed by atoms with E-state index in [1.54, 1.807) is 31.2 Å². The number of aromatic nitrogens is 12. The Kier molecular flexibility index (Phi) is 17.2. The normalized spacial score (nSPS) is 12.4. The summed E-state index contributed by atoms with van der Waals surface area (Å²) < 4.78 is 13.8. The van der Waals surface area contributed by atoms with Crippen LogP contribution in [0.1, 0.15) is 42.2 Å². The van der Waals surface area contributed by atoms with Gasteiger partial charge in [0, 0.05) is 170 Å². The number of piperidine rings is 1. The van der Waals surface area contributed by atoms with Crippen molar-refractivity contribution in [3.8, 4) is 68.1 Å². The number of hydrogen-bond donors (Lipinski definition) is 8. The van der Waals surface area contributed by atoms with E-state index in [0.29, 0.717) is 5.56 Å². The molecule has 9 heterocycles. The van der Waals surface area contributed by atoms with Gasteiger partial charge < -0.3 is 44.8 Å². The molecule has 0 aliphatic carbocycles. The number of para-hydroxylation sites is 2. The number of aromatic amines is 8.